The summed E-state index contributed by atoms with van der Waals surface area (Å²) in [5.74, 6) is 0.773. The van der Waals surface area contributed by atoms with Gasteiger partial charge in [-0.2, -0.15) is 0 Å². The Hall–Kier alpha value is -0.610. The maximum atomic E-state index is 12.2. The Bertz CT molecular complexity index is 324. The van der Waals surface area contributed by atoms with Crippen LogP contribution in [0.4, 0.5) is 0 Å². The highest BCUT2D eigenvalue weighted by molar-refractivity contribution is 5.79. The second-order valence-corrected chi connectivity index (χ2v) is 6.51. The van der Waals surface area contributed by atoms with E-state index in [0.717, 1.165) is 44.4 Å². The Labute approximate surface area is 122 Å². The molecule has 1 saturated heterocycles. The van der Waals surface area contributed by atoms with Crippen molar-refractivity contribution in [2.75, 3.05) is 13.2 Å². The number of hydrogen-bond acceptors (Lipinski definition) is 3. The first-order chi connectivity index (χ1) is 9.58. The molecule has 4 nitrogen and oxygen atoms in total. The summed E-state index contributed by atoms with van der Waals surface area (Å²) in [4.78, 5) is 12.2. The van der Waals surface area contributed by atoms with E-state index in [1.165, 1.54) is 6.42 Å². The maximum Gasteiger partial charge on any atom is 0.225 e. The normalized spacial score (nSPS) is 37.9. The van der Waals surface area contributed by atoms with E-state index in [1.807, 2.05) is 0 Å². The van der Waals surface area contributed by atoms with Gasteiger partial charge in [0.1, 0.15) is 0 Å². The van der Waals surface area contributed by atoms with Gasteiger partial charge in [-0.15, -0.1) is 0 Å². The number of rotatable bonds is 5. The molecule has 0 radical (unpaired) electrons. The summed E-state index contributed by atoms with van der Waals surface area (Å²) >= 11 is 0. The van der Waals surface area contributed by atoms with Crippen LogP contribution in [0.25, 0.3) is 0 Å². The summed E-state index contributed by atoms with van der Waals surface area (Å²) in [5.41, 5.74) is -0.692. The molecule has 0 bridgehead atoms. The molecule has 2 unspecified atom stereocenters. The van der Waals surface area contributed by atoms with E-state index in [0.29, 0.717) is 13.2 Å². The van der Waals surface area contributed by atoms with Crippen LogP contribution in [0.1, 0.15) is 58.8 Å². The number of carbonyl (C=O) groups is 1. The van der Waals surface area contributed by atoms with Crippen molar-refractivity contribution in [2.24, 2.45) is 11.8 Å². The number of ether oxygens (including phenoxy) is 1. The van der Waals surface area contributed by atoms with Gasteiger partial charge in [0.05, 0.1) is 17.6 Å². The van der Waals surface area contributed by atoms with E-state index in [1.54, 1.807) is 0 Å². The van der Waals surface area contributed by atoms with Gasteiger partial charge in [-0.05, 0) is 44.4 Å². The first-order valence-corrected chi connectivity index (χ1v) is 8.19. The van der Waals surface area contributed by atoms with Crippen molar-refractivity contribution < 1.29 is 14.6 Å². The van der Waals surface area contributed by atoms with Gasteiger partial charge in [-0.25, -0.2) is 0 Å². The Morgan fingerprint density at radius 2 is 1.95 bits per heavy atom. The van der Waals surface area contributed by atoms with Gasteiger partial charge >= 0.3 is 0 Å². The summed E-state index contributed by atoms with van der Waals surface area (Å²) in [5, 5.41) is 13.5. The lowest BCUT2D eigenvalue weighted by Gasteiger charge is -2.36. The predicted molar refractivity (Wildman–Crippen MR) is 78.3 cm³/mol. The minimum absolute atomic E-state index is 0.0319. The molecule has 116 valence electrons. The van der Waals surface area contributed by atoms with E-state index in [-0.39, 0.29) is 17.9 Å². The largest absolute Gasteiger partial charge is 0.388 e. The topological polar surface area (TPSA) is 58.6 Å². The van der Waals surface area contributed by atoms with E-state index in [2.05, 4.69) is 19.2 Å². The van der Waals surface area contributed by atoms with Crippen molar-refractivity contribution in [3.05, 3.63) is 0 Å². The molecule has 1 aliphatic heterocycles. The Balaban J connectivity index is 1.78. The van der Waals surface area contributed by atoms with Crippen LogP contribution in [0, 0.1) is 11.8 Å². The molecule has 2 rings (SSSR count). The Morgan fingerprint density at radius 1 is 1.25 bits per heavy atom. The molecule has 2 aliphatic rings. The number of hydrogen-bond donors (Lipinski definition) is 2. The van der Waals surface area contributed by atoms with Crippen LogP contribution in [0.15, 0.2) is 0 Å². The fourth-order valence-corrected chi connectivity index (χ4v) is 3.53. The zero-order valence-corrected chi connectivity index (χ0v) is 12.9. The number of aliphatic hydroxyl groups is 1. The van der Waals surface area contributed by atoms with Crippen LogP contribution in [0.3, 0.4) is 0 Å². The van der Waals surface area contributed by atoms with Crippen LogP contribution in [-0.2, 0) is 9.53 Å². The first-order valence-electron chi connectivity index (χ1n) is 8.19. The van der Waals surface area contributed by atoms with Crippen molar-refractivity contribution >= 4 is 5.91 Å². The quantitative estimate of drug-likeness (QED) is 0.813. The minimum atomic E-state index is -0.692. The number of amides is 1. The fourth-order valence-electron chi connectivity index (χ4n) is 3.53. The number of nitrogens with one attached hydrogen (secondary N) is 1. The van der Waals surface area contributed by atoms with Crippen molar-refractivity contribution in [3.63, 3.8) is 0 Å². The predicted octanol–water partition coefficient (Wildman–Crippen LogP) is 2.25. The summed E-state index contributed by atoms with van der Waals surface area (Å²) in [7, 11) is 0. The van der Waals surface area contributed by atoms with Gasteiger partial charge < -0.3 is 15.2 Å². The van der Waals surface area contributed by atoms with Gasteiger partial charge in [0.2, 0.25) is 5.91 Å². The lowest BCUT2D eigenvalue weighted by atomic mass is 9.78. The Kier molecular flexibility index (Phi) is 5.44. The third-order valence-corrected chi connectivity index (χ3v) is 5.15. The van der Waals surface area contributed by atoms with E-state index in [9.17, 15) is 9.90 Å². The van der Waals surface area contributed by atoms with Crippen LogP contribution in [0.5, 0.6) is 0 Å². The van der Waals surface area contributed by atoms with Crippen molar-refractivity contribution in [2.45, 2.75) is 70.5 Å². The molecule has 2 N–H and O–H groups in total. The van der Waals surface area contributed by atoms with Gasteiger partial charge in [0.25, 0.3) is 0 Å². The van der Waals surface area contributed by atoms with Crippen LogP contribution in [-0.4, -0.2) is 35.9 Å². The highest BCUT2D eigenvalue weighted by Crippen LogP contribution is 2.33. The summed E-state index contributed by atoms with van der Waals surface area (Å²) in [6.45, 7) is 5.34. The lowest BCUT2D eigenvalue weighted by Crippen LogP contribution is -2.47. The molecule has 1 aliphatic carbocycles. The molecule has 4 heteroatoms. The van der Waals surface area contributed by atoms with Crippen LogP contribution in [0.2, 0.25) is 0 Å². The average Bonchev–Trinajstić information content (AvgIpc) is 2.94. The fraction of sp³-hybridized carbons (Fsp3) is 0.938. The molecule has 2 fully saturated rings. The van der Waals surface area contributed by atoms with Crippen molar-refractivity contribution in [3.8, 4) is 0 Å². The molecule has 20 heavy (non-hydrogen) atoms. The highest BCUT2D eigenvalue weighted by Gasteiger charge is 2.36. The number of carbonyl (C=O) groups excluding carboxylic acids is 1. The second kappa shape index (κ2) is 6.90. The molecule has 0 aromatic carbocycles. The summed E-state index contributed by atoms with van der Waals surface area (Å²) in [6.07, 6.45) is 6.70. The Morgan fingerprint density at radius 3 is 2.55 bits per heavy atom. The van der Waals surface area contributed by atoms with Crippen molar-refractivity contribution in [1.29, 1.82) is 0 Å². The smallest absolute Gasteiger partial charge is 0.225 e. The zero-order chi connectivity index (χ0) is 14.6. The summed E-state index contributed by atoms with van der Waals surface area (Å²) < 4.78 is 5.56. The SMILES string of the molecule is CCC1CCC(O)(CNC(=O)C2CCOC2CC)CC1. The molecule has 1 saturated carbocycles. The van der Waals surface area contributed by atoms with Crippen LogP contribution >= 0.6 is 0 Å². The van der Waals surface area contributed by atoms with Gasteiger partial charge in [0, 0.05) is 13.2 Å². The molecule has 0 aromatic heterocycles. The minimum Gasteiger partial charge on any atom is -0.388 e. The van der Waals surface area contributed by atoms with E-state index >= 15 is 0 Å². The van der Waals surface area contributed by atoms with Gasteiger partial charge in [0.15, 0.2) is 0 Å². The van der Waals surface area contributed by atoms with Gasteiger partial charge in [-0.3, -0.25) is 4.79 Å². The maximum absolute atomic E-state index is 12.2. The highest BCUT2D eigenvalue weighted by atomic mass is 16.5. The molecular formula is C16H29NO3. The monoisotopic (exact) mass is 283 g/mol. The lowest BCUT2D eigenvalue weighted by molar-refractivity contribution is -0.128. The van der Waals surface area contributed by atoms with Gasteiger partial charge in [-0.1, -0.05) is 20.3 Å². The summed E-state index contributed by atoms with van der Waals surface area (Å²) in [6, 6.07) is 0. The van der Waals surface area contributed by atoms with E-state index in [4.69, 9.17) is 4.74 Å². The standard InChI is InChI=1S/C16H29NO3/c1-3-12-5-8-16(19,9-6-12)11-17-15(18)13-7-10-20-14(13)4-2/h12-14,19H,3-11H2,1-2H3,(H,17,18). The molecular weight excluding hydrogens is 254 g/mol. The molecule has 2 atom stereocenters. The molecule has 1 heterocycles. The van der Waals surface area contributed by atoms with Crippen molar-refractivity contribution in [1.82, 2.24) is 5.32 Å². The molecule has 1 amide bonds. The average molecular weight is 283 g/mol. The third kappa shape index (κ3) is 3.73. The van der Waals surface area contributed by atoms with Crippen LogP contribution < -0.4 is 5.32 Å². The third-order valence-electron chi connectivity index (χ3n) is 5.15. The molecule has 0 spiro atoms. The second-order valence-electron chi connectivity index (χ2n) is 6.51. The first kappa shape index (κ1) is 15.8. The zero-order valence-electron chi connectivity index (χ0n) is 12.9. The molecule has 0 aromatic rings. The van der Waals surface area contributed by atoms with E-state index < -0.39 is 5.60 Å².